The Morgan fingerprint density at radius 2 is 1.63 bits per heavy atom. The lowest BCUT2D eigenvalue weighted by Gasteiger charge is -2.35. The zero-order valence-electron chi connectivity index (χ0n) is 23.5. The fourth-order valence-corrected chi connectivity index (χ4v) is 4.24. The van der Waals surface area contributed by atoms with Crippen LogP contribution in [0.25, 0.3) is 0 Å². The van der Waals surface area contributed by atoms with Crippen molar-refractivity contribution in [2.24, 2.45) is 5.92 Å². The lowest BCUT2D eigenvalue weighted by atomic mass is 9.92. The number of carbonyl (C=O) groups is 3. The number of rotatable bonds is 10. The zero-order chi connectivity index (χ0) is 28.5. The number of ether oxygens (including phenoxy) is 1. The fraction of sp³-hybridized carbons (Fsp3) is 0.467. The van der Waals surface area contributed by atoms with Crippen LogP contribution in [0.5, 0.6) is 0 Å². The van der Waals surface area contributed by atoms with Gasteiger partial charge in [-0.25, -0.2) is 4.79 Å². The second-order valence-electron chi connectivity index (χ2n) is 10.5. The van der Waals surface area contributed by atoms with Gasteiger partial charge in [0.1, 0.15) is 24.2 Å². The van der Waals surface area contributed by atoms with Gasteiger partial charge in [-0.3, -0.25) is 9.59 Å². The minimum absolute atomic E-state index is 0.265. The molecule has 0 bridgehead atoms. The van der Waals surface area contributed by atoms with Gasteiger partial charge < -0.3 is 20.3 Å². The Kier molecular flexibility index (Phi) is 10.9. The Hall–Kier alpha value is -3.86. The maximum Gasteiger partial charge on any atom is 0.408 e. The number of nitrogens with one attached hydrogen (secondary N) is 2. The van der Waals surface area contributed by atoms with Crippen LogP contribution in [0.2, 0.25) is 0 Å². The Balaban J connectivity index is 2.53. The third-order valence-corrected chi connectivity index (χ3v) is 6.36. The summed E-state index contributed by atoms with van der Waals surface area (Å²) < 4.78 is 5.41. The molecule has 3 amide bonds. The highest BCUT2D eigenvalue weighted by molar-refractivity contribution is 5.93. The first-order chi connectivity index (χ1) is 17.9. The van der Waals surface area contributed by atoms with Crippen molar-refractivity contribution in [1.82, 2.24) is 15.5 Å². The minimum Gasteiger partial charge on any atom is -0.444 e. The van der Waals surface area contributed by atoms with Gasteiger partial charge >= 0.3 is 6.09 Å². The average Bonchev–Trinajstić information content (AvgIpc) is 2.86. The van der Waals surface area contributed by atoms with Gasteiger partial charge in [-0.1, -0.05) is 68.8 Å². The van der Waals surface area contributed by atoms with Gasteiger partial charge in [-0.05, 0) is 62.8 Å². The fourth-order valence-electron chi connectivity index (χ4n) is 4.24. The molecule has 0 aliphatic carbocycles. The second kappa shape index (κ2) is 13.6. The highest BCUT2D eigenvalue weighted by Gasteiger charge is 2.39. The maximum absolute atomic E-state index is 14.1. The van der Waals surface area contributed by atoms with Crippen molar-refractivity contribution in [3.05, 3.63) is 70.8 Å². The Labute approximate surface area is 226 Å². The van der Waals surface area contributed by atoms with E-state index < -0.39 is 35.6 Å². The van der Waals surface area contributed by atoms with Crippen molar-refractivity contribution in [3.63, 3.8) is 0 Å². The van der Waals surface area contributed by atoms with Crippen LogP contribution in [0.15, 0.2) is 48.5 Å². The summed E-state index contributed by atoms with van der Waals surface area (Å²) in [4.78, 5) is 41.8. The molecule has 3 atom stereocenters. The molecule has 204 valence electrons. The number of nitriles is 1. The van der Waals surface area contributed by atoms with Crippen molar-refractivity contribution in [1.29, 1.82) is 5.26 Å². The molecule has 0 aliphatic heterocycles. The van der Waals surface area contributed by atoms with E-state index in [0.29, 0.717) is 12.0 Å². The highest BCUT2D eigenvalue weighted by atomic mass is 16.6. The molecular formula is C30H40N4O4. The highest BCUT2D eigenvalue weighted by Crippen LogP contribution is 2.29. The smallest absolute Gasteiger partial charge is 0.408 e. The molecule has 2 aromatic rings. The second-order valence-corrected chi connectivity index (χ2v) is 10.5. The molecule has 0 heterocycles. The first-order valence-corrected chi connectivity index (χ1v) is 12.9. The van der Waals surface area contributed by atoms with E-state index in [-0.39, 0.29) is 19.0 Å². The number of hydrogen-bond donors (Lipinski definition) is 2. The molecular weight excluding hydrogens is 480 g/mol. The Bertz CT molecular complexity index is 1130. The molecule has 8 nitrogen and oxygen atoms in total. The molecule has 0 radical (unpaired) electrons. The van der Waals surface area contributed by atoms with E-state index >= 15 is 0 Å². The maximum atomic E-state index is 14.1. The standard InChI is InChI=1S/C30H40N4O4/c1-8-20(2)25(33-29(37)38-30(5,6)7)28(36)34(18-17-31)26(24-21(3)13-12-14-22(24)4)27(35)32-19-23-15-10-9-11-16-23/h9-16,20,25-26H,8,18-19H2,1-7H3,(H,32,35)(H,33,37). The Morgan fingerprint density at radius 1 is 1.03 bits per heavy atom. The Morgan fingerprint density at radius 3 is 2.16 bits per heavy atom. The first kappa shape index (κ1) is 30.4. The first-order valence-electron chi connectivity index (χ1n) is 12.9. The number of nitrogens with zero attached hydrogens (tertiary/aromatic N) is 2. The number of carbonyl (C=O) groups excluding carboxylic acids is 3. The van der Waals surface area contributed by atoms with Crippen molar-refractivity contribution >= 4 is 17.9 Å². The van der Waals surface area contributed by atoms with Gasteiger partial charge in [-0.2, -0.15) is 5.26 Å². The van der Waals surface area contributed by atoms with Crippen LogP contribution >= 0.6 is 0 Å². The lowest BCUT2D eigenvalue weighted by molar-refractivity contribution is -0.142. The topological polar surface area (TPSA) is 112 Å². The van der Waals surface area contributed by atoms with Crippen molar-refractivity contribution in [2.45, 2.75) is 79.1 Å². The van der Waals surface area contributed by atoms with E-state index in [2.05, 4.69) is 16.7 Å². The van der Waals surface area contributed by atoms with E-state index in [4.69, 9.17) is 4.74 Å². The third-order valence-electron chi connectivity index (χ3n) is 6.36. The van der Waals surface area contributed by atoms with E-state index in [0.717, 1.165) is 16.7 Å². The zero-order valence-corrected chi connectivity index (χ0v) is 23.5. The number of amides is 3. The van der Waals surface area contributed by atoms with Crippen LogP contribution in [0, 0.1) is 31.1 Å². The average molecular weight is 521 g/mol. The normalized spacial score (nSPS) is 13.4. The quantitative estimate of drug-likeness (QED) is 0.431. The summed E-state index contributed by atoms with van der Waals surface area (Å²) in [5, 5.41) is 15.4. The third kappa shape index (κ3) is 8.34. The molecule has 0 aromatic heterocycles. The summed E-state index contributed by atoms with van der Waals surface area (Å²) in [7, 11) is 0. The summed E-state index contributed by atoms with van der Waals surface area (Å²) in [6.45, 7) is 12.6. The van der Waals surface area contributed by atoms with Gasteiger partial charge in [0.05, 0.1) is 6.07 Å². The van der Waals surface area contributed by atoms with Crippen LogP contribution in [0.4, 0.5) is 4.79 Å². The van der Waals surface area contributed by atoms with Gasteiger partial charge in [-0.15, -0.1) is 0 Å². The predicted octanol–water partition coefficient (Wildman–Crippen LogP) is 4.95. The van der Waals surface area contributed by atoms with Crippen molar-refractivity contribution in [3.8, 4) is 6.07 Å². The molecule has 2 aromatic carbocycles. The largest absolute Gasteiger partial charge is 0.444 e. The summed E-state index contributed by atoms with van der Waals surface area (Å²) in [6.07, 6.45) is -0.147. The van der Waals surface area contributed by atoms with Crippen LogP contribution < -0.4 is 10.6 Å². The molecule has 3 unspecified atom stereocenters. The molecule has 0 saturated carbocycles. The van der Waals surface area contributed by atoms with Gasteiger partial charge in [0, 0.05) is 6.54 Å². The lowest BCUT2D eigenvalue weighted by Crippen LogP contribution is -2.55. The monoisotopic (exact) mass is 520 g/mol. The molecule has 38 heavy (non-hydrogen) atoms. The van der Waals surface area contributed by atoms with E-state index in [9.17, 15) is 19.6 Å². The minimum atomic E-state index is -1.07. The van der Waals surface area contributed by atoms with Crippen LogP contribution in [-0.2, 0) is 20.9 Å². The molecule has 0 aliphatic rings. The number of hydrogen-bond acceptors (Lipinski definition) is 5. The number of alkyl carbamates (subject to hydrolysis) is 1. The van der Waals surface area contributed by atoms with Crippen molar-refractivity contribution in [2.75, 3.05) is 6.54 Å². The molecule has 0 saturated heterocycles. The van der Waals surface area contributed by atoms with Crippen LogP contribution in [-0.4, -0.2) is 41.0 Å². The molecule has 2 N–H and O–H groups in total. The van der Waals surface area contributed by atoms with Crippen LogP contribution in [0.3, 0.4) is 0 Å². The van der Waals surface area contributed by atoms with E-state index in [1.54, 1.807) is 20.8 Å². The van der Waals surface area contributed by atoms with Crippen LogP contribution in [0.1, 0.15) is 69.3 Å². The predicted molar refractivity (Wildman–Crippen MR) is 147 cm³/mol. The number of benzene rings is 2. The molecule has 0 spiro atoms. The van der Waals surface area contributed by atoms with Gasteiger partial charge in [0.2, 0.25) is 11.8 Å². The van der Waals surface area contributed by atoms with E-state index in [1.807, 2.05) is 76.2 Å². The SMILES string of the molecule is CCC(C)C(NC(=O)OC(C)(C)C)C(=O)N(CC#N)C(C(=O)NCc1ccccc1)c1c(C)cccc1C. The molecule has 0 fully saturated rings. The molecule has 2 rings (SSSR count). The van der Waals surface area contributed by atoms with Gasteiger partial charge in [0.25, 0.3) is 0 Å². The summed E-state index contributed by atoms with van der Waals surface area (Å²) in [6, 6.07) is 15.1. The summed E-state index contributed by atoms with van der Waals surface area (Å²) in [5.41, 5.74) is 2.45. The molecule has 8 heteroatoms. The number of aryl methyl sites for hydroxylation is 2. The van der Waals surface area contributed by atoms with Gasteiger partial charge in [0.15, 0.2) is 0 Å². The summed E-state index contributed by atoms with van der Waals surface area (Å²) >= 11 is 0. The van der Waals surface area contributed by atoms with Crippen molar-refractivity contribution < 1.29 is 19.1 Å². The van der Waals surface area contributed by atoms with E-state index in [1.165, 1.54) is 4.90 Å². The summed E-state index contributed by atoms with van der Waals surface area (Å²) in [5.74, 6) is -1.20.